The molecule has 0 bridgehead atoms. The van der Waals surface area contributed by atoms with Crippen molar-refractivity contribution in [2.45, 2.75) is 12.8 Å². The van der Waals surface area contributed by atoms with Crippen molar-refractivity contribution < 1.29 is 0 Å². The van der Waals surface area contributed by atoms with Gasteiger partial charge in [-0.15, -0.1) is 0 Å². The molecule has 0 heterocycles. The van der Waals surface area contributed by atoms with Crippen LogP contribution in [0.3, 0.4) is 0 Å². The number of anilines is 2. The fraction of sp³-hybridized carbons (Fsp3) is 0.0714. The van der Waals surface area contributed by atoms with E-state index >= 15 is 0 Å². The Morgan fingerprint density at radius 2 is 1.24 bits per heavy atom. The molecule has 1 heteroatoms. The molecule has 1 nitrogen and oxygen atoms in total. The van der Waals surface area contributed by atoms with Gasteiger partial charge in [0.1, 0.15) is 0 Å². The third kappa shape index (κ3) is 4.64. The minimum atomic E-state index is 1.08. The Morgan fingerprint density at radius 3 is 1.83 bits per heavy atom. The molecule has 0 saturated heterocycles. The Bertz CT molecular complexity index is 1040. The highest BCUT2D eigenvalue weighted by atomic mass is 15.1. The van der Waals surface area contributed by atoms with Crippen LogP contribution >= 0.6 is 0 Å². The van der Waals surface area contributed by atoms with Gasteiger partial charge in [-0.05, 0) is 59.9 Å². The summed E-state index contributed by atoms with van der Waals surface area (Å²) < 4.78 is 0. The monoisotopic (exact) mass is 375 g/mol. The van der Waals surface area contributed by atoms with E-state index in [1.54, 1.807) is 0 Å². The molecule has 1 aliphatic rings. The number of allylic oxidation sites excluding steroid dienone is 3. The maximum atomic E-state index is 3.80. The zero-order chi connectivity index (χ0) is 19.9. The first kappa shape index (κ1) is 18.8. The van der Waals surface area contributed by atoms with Gasteiger partial charge in [-0.25, -0.2) is 0 Å². The van der Waals surface area contributed by atoms with E-state index in [9.17, 15) is 0 Å². The summed E-state index contributed by atoms with van der Waals surface area (Å²) in [6.45, 7) is 3.80. The van der Waals surface area contributed by atoms with Crippen LogP contribution in [-0.2, 0) is 0 Å². The number of rotatable bonds is 6. The van der Waals surface area contributed by atoms with E-state index in [2.05, 4.69) is 121 Å². The van der Waals surface area contributed by atoms with Crippen molar-refractivity contribution in [1.82, 2.24) is 0 Å². The summed E-state index contributed by atoms with van der Waals surface area (Å²) in [6, 6.07) is 27.7. The molecule has 0 saturated carbocycles. The molecule has 142 valence electrons. The van der Waals surface area contributed by atoms with Crippen LogP contribution in [0.15, 0.2) is 109 Å². The van der Waals surface area contributed by atoms with E-state index in [0.717, 1.165) is 18.4 Å². The first-order valence-electron chi connectivity index (χ1n) is 10.1. The van der Waals surface area contributed by atoms with Crippen LogP contribution < -0.4 is 4.90 Å². The number of hydrogen-bond donors (Lipinski definition) is 0. The summed E-state index contributed by atoms with van der Waals surface area (Å²) in [4.78, 5) is 2.32. The fourth-order valence-corrected chi connectivity index (χ4v) is 3.46. The van der Waals surface area contributed by atoms with E-state index in [1.807, 2.05) is 6.08 Å². The average Bonchev–Trinajstić information content (AvgIpc) is 2.80. The van der Waals surface area contributed by atoms with Gasteiger partial charge in [0.15, 0.2) is 0 Å². The summed E-state index contributed by atoms with van der Waals surface area (Å²) in [6.07, 6.45) is 15.1. The number of benzene rings is 3. The normalized spacial score (nSPS) is 13.3. The van der Waals surface area contributed by atoms with Crippen molar-refractivity contribution in [3.63, 3.8) is 0 Å². The van der Waals surface area contributed by atoms with Crippen molar-refractivity contribution >= 4 is 29.6 Å². The smallest absolute Gasteiger partial charge is 0.0461 e. The Balaban J connectivity index is 1.58. The van der Waals surface area contributed by atoms with Crippen LogP contribution in [0.25, 0.3) is 18.2 Å². The van der Waals surface area contributed by atoms with Crippen LogP contribution in [0, 0.1) is 0 Å². The summed E-state index contributed by atoms with van der Waals surface area (Å²) >= 11 is 0. The minimum Gasteiger partial charge on any atom is -0.311 e. The topological polar surface area (TPSA) is 3.24 Å². The molecule has 0 fully saturated rings. The van der Waals surface area contributed by atoms with E-state index < -0.39 is 0 Å². The van der Waals surface area contributed by atoms with Crippen LogP contribution in [-0.4, -0.2) is 0 Å². The zero-order valence-corrected chi connectivity index (χ0v) is 16.5. The van der Waals surface area contributed by atoms with Gasteiger partial charge in [-0.2, -0.15) is 0 Å². The lowest BCUT2D eigenvalue weighted by Gasteiger charge is -2.27. The Morgan fingerprint density at radius 1 is 0.655 bits per heavy atom. The Kier molecular flexibility index (Phi) is 5.87. The predicted molar refractivity (Wildman–Crippen MR) is 127 cm³/mol. The summed E-state index contributed by atoms with van der Waals surface area (Å²) in [7, 11) is 0. The molecule has 1 aliphatic carbocycles. The van der Waals surface area contributed by atoms with Gasteiger partial charge in [0.2, 0.25) is 0 Å². The van der Waals surface area contributed by atoms with Gasteiger partial charge in [-0.1, -0.05) is 91.6 Å². The van der Waals surface area contributed by atoms with Crippen LogP contribution in [0.4, 0.5) is 11.4 Å². The number of hydrogen-bond acceptors (Lipinski definition) is 1. The third-order valence-corrected chi connectivity index (χ3v) is 5.04. The van der Waals surface area contributed by atoms with Gasteiger partial charge in [0, 0.05) is 17.1 Å². The van der Waals surface area contributed by atoms with E-state index in [4.69, 9.17) is 0 Å². The van der Waals surface area contributed by atoms with Crippen molar-refractivity contribution in [3.05, 3.63) is 126 Å². The van der Waals surface area contributed by atoms with Crippen molar-refractivity contribution in [1.29, 1.82) is 0 Å². The van der Waals surface area contributed by atoms with E-state index in [0.29, 0.717) is 0 Å². The predicted octanol–water partition coefficient (Wildman–Crippen LogP) is 7.87. The molecule has 0 amide bonds. The van der Waals surface area contributed by atoms with Gasteiger partial charge in [0.05, 0.1) is 0 Å². The van der Waals surface area contributed by atoms with Crippen LogP contribution in [0.2, 0.25) is 0 Å². The molecule has 0 radical (unpaired) electrons. The second-order valence-electron chi connectivity index (χ2n) is 7.08. The summed E-state index contributed by atoms with van der Waals surface area (Å²) in [5, 5.41) is 0. The summed E-state index contributed by atoms with van der Waals surface area (Å²) in [5.41, 5.74) is 7.08. The molecule has 0 N–H and O–H groups in total. The van der Waals surface area contributed by atoms with E-state index in [-0.39, 0.29) is 0 Å². The highest BCUT2D eigenvalue weighted by Gasteiger charge is 2.13. The summed E-state index contributed by atoms with van der Waals surface area (Å²) in [5.74, 6) is 0. The standard InChI is InChI=1S/C28H25N/c1-2-23-13-15-24(16-14-23)17-18-25-19-21-28(22-20-25)29(26-9-5-3-6-10-26)27-11-7-4-8-12-27/h2-3,5-7,9-22H,1,4,8H2/b18-17+. The molecule has 3 aromatic rings. The van der Waals surface area contributed by atoms with Crippen LogP contribution in [0.1, 0.15) is 29.5 Å². The van der Waals surface area contributed by atoms with Gasteiger partial charge in [0.25, 0.3) is 0 Å². The second kappa shape index (κ2) is 9.07. The minimum absolute atomic E-state index is 1.08. The SMILES string of the molecule is C=Cc1ccc(/C=C/c2ccc(N(C3=CCCC=C3)c3ccccc3)cc2)cc1. The third-order valence-electron chi connectivity index (χ3n) is 5.04. The molecule has 0 spiro atoms. The molecule has 0 aliphatic heterocycles. The molecular weight excluding hydrogens is 350 g/mol. The van der Waals surface area contributed by atoms with Crippen LogP contribution in [0.5, 0.6) is 0 Å². The maximum Gasteiger partial charge on any atom is 0.0461 e. The Labute approximate surface area is 173 Å². The lowest BCUT2D eigenvalue weighted by Crippen LogP contribution is -2.16. The highest BCUT2D eigenvalue weighted by molar-refractivity contribution is 5.74. The van der Waals surface area contributed by atoms with Gasteiger partial charge >= 0.3 is 0 Å². The lowest BCUT2D eigenvalue weighted by molar-refractivity contribution is 0.997. The highest BCUT2D eigenvalue weighted by Crippen LogP contribution is 2.32. The first-order chi connectivity index (χ1) is 14.3. The van der Waals surface area contributed by atoms with Crippen molar-refractivity contribution in [2.75, 3.05) is 4.90 Å². The van der Waals surface area contributed by atoms with Crippen molar-refractivity contribution in [3.8, 4) is 0 Å². The molecule has 0 atom stereocenters. The largest absolute Gasteiger partial charge is 0.311 e. The van der Waals surface area contributed by atoms with E-state index in [1.165, 1.54) is 28.2 Å². The molecular formula is C28H25N. The molecule has 4 rings (SSSR count). The quantitative estimate of drug-likeness (QED) is 0.396. The van der Waals surface area contributed by atoms with Gasteiger partial charge in [-0.3, -0.25) is 0 Å². The first-order valence-corrected chi connectivity index (χ1v) is 10.1. The lowest BCUT2D eigenvalue weighted by atomic mass is 10.1. The molecule has 29 heavy (non-hydrogen) atoms. The average molecular weight is 376 g/mol. The molecule has 0 aromatic heterocycles. The Hall–Kier alpha value is -3.58. The molecule has 3 aromatic carbocycles. The zero-order valence-electron chi connectivity index (χ0n) is 16.5. The maximum absolute atomic E-state index is 3.80. The van der Waals surface area contributed by atoms with Gasteiger partial charge < -0.3 is 4.90 Å². The molecule has 0 unspecified atom stereocenters. The number of para-hydroxylation sites is 1. The fourth-order valence-electron chi connectivity index (χ4n) is 3.46. The second-order valence-corrected chi connectivity index (χ2v) is 7.08. The van der Waals surface area contributed by atoms with Crippen molar-refractivity contribution in [2.24, 2.45) is 0 Å². The number of nitrogens with zero attached hydrogens (tertiary/aromatic N) is 1.